The van der Waals surface area contributed by atoms with Crippen LogP contribution in [0.2, 0.25) is 0 Å². The van der Waals surface area contributed by atoms with Gasteiger partial charge in [0.05, 0.1) is 5.56 Å². The van der Waals surface area contributed by atoms with Gasteiger partial charge in [0.15, 0.2) is 0 Å². The molecule has 88 valence electrons. The molecule has 0 aliphatic heterocycles. The fourth-order valence-corrected chi connectivity index (χ4v) is 1.47. The predicted octanol–water partition coefficient (Wildman–Crippen LogP) is 2.78. The highest BCUT2D eigenvalue weighted by molar-refractivity contribution is 5.46. The zero-order chi connectivity index (χ0) is 12.4. The van der Waals surface area contributed by atoms with Crippen LogP contribution in [-0.4, -0.2) is 9.97 Å². The highest BCUT2D eigenvalue weighted by Gasteiger charge is 2.08. The van der Waals surface area contributed by atoms with E-state index in [1.54, 1.807) is 0 Å². The monoisotopic (exact) mass is 229 g/mol. The van der Waals surface area contributed by atoms with Gasteiger partial charge in [-0.05, 0) is 38.0 Å². The van der Waals surface area contributed by atoms with E-state index in [1.807, 2.05) is 39.0 Å². The van der Waals surface area contributed by atoms with Gasteiger partial charge < -0.3 is 10.5 Å². The van der Waals surface area contributed by atoms with Crippen LogP contribution < -0.4 is 10.5 Å². The standard InChI is InChI=1S/C13H15N3O/c1-8-4-5-9(2)11(6-8)17-13-10(3)12(14)15-7-16-13/h4-7H,1-3H3,(H2,14,15,16). The molecule has 4 heteroatoms. The highest BCUT2D eigenvalue weighted by Crippen LogP contribution is 2.27. The second-order valence-corrected chi connectivity index (χ2v) is 4.06. The lowest BCUT2D eigenvalue weighted by atomic mass is 10.1. The molecule has 1 aromatic heterocycles. The number of hydrogen-bond donors (Lipinski definition) is 1. The molecule has 0 radical (unpaired) electrons. The summed E-state index contributed by atoms with van der Waals surface area (Å²) in [7, 11) is 0. The molecule has 0 amide bonds. The molecule has 17 heavy (non-hydrogen) atoms. The third-order valence-corrected chi connectivity index (χ3v) is 2.63. The molecule has 0 fully saturated rings. The van der Waals surface area contributed by atoms with E-state index in [0.29, 0.717) is 11.7 Å². The van der Waals surface area contributed by atoms with Gasteiger partial charge in [-0.3, -0.25) is 0 Å². The summed E-state index contributed by atoms with van der Waals surface area (Å²) >= 11 is 0. The molecule has 4 nitrogen and oxygen atoms in total. The minimum absolute atomic E-state index is 0.445. The Morgan fingerprint density at radius 3 is 2.65 bits per heavy atom. The maximum Gasteiger partial charge on any atom is 0.227 e. The first kappa shape index (κ1) is 11.4. The van der Waals surface area contributed by atoms with E-state index in [-0.39, 0.29) is 0 Å². The molecule has 1 aromatic carbocycles. The Bertz CT molecular complexity index is 552. The average molecular weight is 229 g/mol. The number of nitrogen functional groups attached to an aromatic ring is 1. The minimum Gasteiger partial charge on any atom is -0.438 e. The van der Waals surface area contributed by atoms with Crippen molar-refractivity contribution in [3.05, 3.63) is 41.2 Å². The molecule has 2 aromatic rings. The Balaban J connectivity index is 2.38. The normalized spacial score (nSPS) is 10.3. The molecule has 1 heterocycles. The van der Waals surface area contributed by atoms with E-state index in [2.05, 4.69) is 9.97 Å². The van der Waals surface area contributed by atoms with E-state index >= 15 is 0 Å². The Hall–Kier alpha value is -2.10. The number of aromatic nitrogens is 2. The first-order valence-corrected chi connectivity index (χ1v) is 5.40. The fraction of sp³-hybridized carbons (Fsp3) is 0.231. The van der Waals surface area contributed by atoms with Gasteiger partial charge in [-0.1, -0.05) is 12.1 Å². The number of rotatable bonds is 2. The molecule has 0 saturated heterocycles. The first-order valence-electron chi connectivity index (χ1n) is 5.40. The first-order chi connectivity index (χ1) is 8.08. The van der Waals surface area contributed by atoms with E-state index in [0.717, 1.165) is 22.4 Å². The second-order valence-electron chi connectivity index (χ2n) is 4.06. The summed E-state index contributed by atoms with van der Waals surface area (Å²) in [6.45, 7) is 5.86. The lowest BCUT2D eigenvalue weighted by molar-refractivity contribution is 0.454. The van der Waals surface area contributed by atoms with Crippen molar-refractivity contribution >= 4 is 5.82 Å². The van der Waals surface area contributed by atoms with E-state index in [1.165, 1.54) is 6.33 Å². The lowest BCUT2D eigenvalue weighted by Gasteiger charge is -2.11. The SMILES string of the molecule is Cc1ccc(C)c(Oc2ncnc(N)c2C)c1. The molecular formula is C13H15N3O. The summed E-state index contributed by atoms with van der Waals surface area (Å²) in [5.41, 5.74) is 8.67. The molecule has 0 unspecified atom stereocenters. The molecule has 0 aliphatic rings. The summed E-state index contributed by atoms with van der Waals surface area (Å²) < 4.78 is 5.77. The van der Waals surface area contributed by atoms with Crippen molar-refractivity contribution in [1.29, 1.82) is 0 Å². The van der Waals surface area contributed by atoms with Crippen molar-refractivity contribution < 1.29 is 4.74 Å². The van der Waals surface area contributed by atoms with Crippen LogP contribution in [0.3, 0.4) is 0 Å². The van der Waals surface area contributed by atoms with Gasteiger partial charge in [-0.15, -0.1) is 0 Å². The lowest BCUT2D eigenvalue weighted by Crippen LogP contribution is -1.99. The van der Waals surface area contributed by atoms with E-state index in [9.17, 15) is 0 Å². The molecule has 2 rings (SSSR count). The van der Waals surface area contributed by atoms with Gasteiger partial charge >= 0.3 is 0 Å². The van der Waals surface area contributed by atoms with Gasteiger partial charge in [0.2, 0.25) is 5.88 Å². The van der Waals surface area contributed by atoms with Crippen LogP contribution in [0.5, 0.6) is 11.6 Å². The van der Waals surface area contributed by atoms with Crippen molar-refractivity contribution in [2.45, 2.75) is 20.8 Å². The van der Waals surface area contributed by atoms with Crippen molar-refractivity contribution in [2.24, 2.45) is 0 Å². The Morgan fingerprint density at radius 1 is 1.12 bits per heavy atom. The number of aryl methyl sites for hydroxylation is 2. The molecular weight excluding hydrogens is 214 g/mol. The topological polar surface area (TPSA) is 61.0 Å². The number of ether oxygens (including phenoxy) is 1. The molecule has 0 aliphatic carbocycles. The summed E-state index contributed by atoms with van der Waals surface area (Å²) in [5, 5.41) is 0. The van der Waals surface area contributed by atoms with E-state index < -0.39 is 0 Å². The number of benzene rings is 1. The van der Waals surface area contributed by atoms with Gasteiger partial charge in [0.1, 0.15) is 17.9 Å². The quantitative estimate of drug-likeness (QED) is 0.860. The number of anilines is 1. The van der Waals surface area contributed by atoms with Gasteiger partial charge in [0, 0.05) is 0 Å². The molecule has 2 N–H and O–H groups in total. The van der Waals surface area contributed by atoms with Crippen LogP contribution in [0.25, 0.3) is 0 Å². The average Bonchev–Trinajstić information content (AvgIpc) is 2.30. The maximum atomic E-state index is 5.77. The van der Waals surface area contributed by atoms with Crippen LogP contribution in [0.1, 0.15) is 16.7 Å². The van der Waals surface area contributed by atoms with Crippen molar-refractivity contribution in [1.82, 2.24) is 9.97 Å². The zero-order valence-electron chi connectivity index (χ0n) is 10.2. The Kier molecular flexibility index (Phi) is 2.95. The van der Waals surface area contributed by atoms with Crippen molar-refractivity contribution in [3.8, 4) is 11.6 Å². The van der Waals surface area contributed by atoms with Gasteiger partial charge in [-0.2, -0.15) is 0 Å². The van der Waals surface area contributed by atoms with Crippen LogP contribution >= 0.6 is 0 Å². The summed E-state index contributed by atoms with van der Waals surface area (Å²) in [6.07, 6.45) is 1.41. The molecule has 0 saturated carbocycles. The van der Waals surface area contributed by atoms with Gasteiger partial charge in [-0.25, -0.2) is 9.97 Å². The summed E-state index contributed by atoms with van der Waals surface area (Å²) in [5.74, 6) is 1.75. The maximum absolute atomic E-state index is 5.77. The van der Waals surface area contributed by atoms with Crippen LogP contribution in [0, 0.1) is 20.8 Å². The fourth-order valence-electron chi connectivity index (χ4n) is 1.47. The van der Waals surface area contributed by atoms with Crippen LogP contribution in [0.15, 0.2) is 24.5 Å². The highest BCUT2D eigenvalue weighted by atomic mass is 16.5. The minimum atomic E-state index is 0.445. The van der Waals surface area contributed by atoms with Gasteiger partial charge in [0.25, 0.3) is 0 Å². The third kappa shape index (κ3) is 2.36. The van der Waals surface area contributed by atoms with Crippen molar-refractivity contribution in [2.75, 3.05) is 5.73 Å². The molecule has 0 bridgehead atoms. The van der Waals surface area contributed by atoms with Crippen LogP contribution in [0.4, 0.5) is 5.82 Å². The van der Waals surface area contributed by atoms with E-state index in [4.69, 9.17) is 10.5 Å². The third-order valence-electron chi connectivity index (χ3n) is 2.63. The molecule has 0 spiro atoms. The Labute approximate surface area is 100 Å². The van der Waals surface area contributed by atoms with Crippen LogP contribution in [-0.2, 0) is 0 Å². The zero-order valence-corrected chi connectivity index (χ0v) is 10.2. The van der Waals surface area contributed by atoms with Crippen molar-refractivity contribution in [3.63, 3.8) is 0 Å². The second kappa shape index (κ2) is 4.41. The Morgan fingerprint density at radius 2 is 1.88 bits per heavy atom. The number of hydrogen-bond acceptors (Lipinski definition) is 4. The smallest absolute Gasteiger partial charge is 0.227 e. The number of nitrogens with two attached hydrogens (primary N) is 1. The summed E-state index contributed by atoms with van der Waals surface area (Å²) in [6, 6.07) is 6.04. The summed E-state index contributed by atoms with van der Waals surface area (Å²) in [4.78, 5) is 8.00. The predicted molar refractivity (Wildman–Crippen MR) is 67.2 cm³/mol. The largest absolute Gasteiger partial charge is 0.438 e. The number of nitrogens with zero attached hydrogens (tertiary/aromatic N) is 2. The molecule has 0 atom stereocenters.